The molecule has 1 aliphatic carbocycles. The predicted octanol–water partition coefficient (Wildman–Crippen LogP) is 8.62. The van der Waals surface area contributed by atoms with Gasteiger partial charge in [0.25, 0.3) is 0 Å². The second kappa shape index (κ2) is 11.4. The first-order valence-electron chi connectivity index (χ1n) is 11.4. The molecule has 0 N–H and O–H groups in total. The molecule has 1 unspecified atom stereocenters. The highest BCUT2D eigenvalue weighted by molar-refractivity contribution is 9.10. The third-order valence-corrected chi connectivity index (χ3v) is 7.27. The van der Waals surface area contributed by atoms with Gasteiger partial charge >= 0.3 is 5.97 Å². The van der Waals surface area contributed by atoms with Crippen LogP contribution in [0.15, 0.2) is 87.3 Å². The van der Waals surface area contributed by atoms with E-state index in [1.807, 2.05) is 36.4 Å². The van der Waals surface area contributed by atoms with Gasteiger partial charge in [-0.05, 0) is 79.9 Å². The molecule has 35 heavy (non-hydrogen) atoms. The zero-order chi connectivity index (χ0) is 24.9. The summed E-state index contributed by atoms with van der Waals surface area (Å²) in [6.07, 6.45) is 4.99. The maximum Gasteiger partial charge on any atom is 0.338 e. The van der Waals surface area contributed by atoms with E-state index in [1.54, 1.807) is 19.1 Å². The second-order valence-electron chi connectivity index (χ2n) is 8.37. The van der Waals surface area contributed by atoms with Crippen LogP contribution in [0, 0.1) is 5.82 Å². The van der Waals surface area contributed by atoms with Gasteiger partial charge < -0.3 is 9.47 Å². The lowest BCUT2D eigenvalue weighted by Gasteiger charge is -2.25. The Morgan fingerprint density at radius 2 is 1.89 bits per heavy atom. The van der Waals surface area contributed by atoms with Gasteiger partial charge in [0.1, 0.15) is 18.2 Å². The van der Waals surface area contributed by atoms with Gasteiger partial charge in [-0.25, -0.2) is 9.18 Å². The largest absolute Gasteiger partial charge is 0.488 e. The molecule has 0 amide bonds. The minimum atomic E-state index is -0.311. The number of benzene rings is 3. The lowest BCUT2D eigenvalue weighted by molar-refractivity contribution is 0.0526. The summed E-state index contributed by atoms with van der Waals surface area (Å²) >= 11 is 7.06. The van der Waals surface area contributed by atoms with Crippen LogP contribution in [0.4, 0.5) is 4.39 Å². The first kappa shape index (κ1) is 25.4. The van der Waals surface area contributed by atoms with Crippen molar-refractivity contribution in [2.45, 2.75) is 32.8 Å². The topological polar surface area (TPSA) is 35.5 Å². The first-order chi connectivity index (χ1) is 16.9. The molecule has 0 aromatic heterocycles. The number of ether oxygens (including phenoxy) is 2. The summed E-state index contributed by atoms with van der Waals surface area (Å²) in [6.45, 7) is 4.49. The van der Waals surface area contributed by atoms with E-state index < -0.39 is 0 Å². The molecule has 0 heterocycles. The van der Waals surface area contributed by atoms with E-state index in [4.69, 9.17) is 9.47 Å². The van der Waals surface area contributed by atoms with Crippen LogP contribution >= 0.6 is 31.9 Å². The van der Waals surface area contributed by atoms with Gasteiger partial charge in [-0.15, -0.1) is 0 Å². The Bertz CT molecular complexity index is 1310. The first-order valence-corrected chi connectivity index (χ1v) is 13.0. The minimum absolute atomic E-state index is 0.119. The number of carbonyl (C=O) groups excluding carboxylic acids is 1. The summed E-state index contributed by atoms with van der Waals surface area (Å²) in [7, 11) is 0. The second-order valence-corrected chi connectivity index (χ2v) is 10.1. The molecule has 0 bridgehead atoms. The van der Waals surface area contributed by atoms with Crippen molar-refractivity contribution in [1.82, 2.24) is 0 Å². The number of carbonyl (C=O) groups is 1. The Balaban J connectivity index is 1.61. The lowest BCUT2D eigenvalue weighted by atomic mass is 9.80. The molecule has 1 atom stereocenters. The third kappa shape index (κ3) is 6.11. The average molecular weight is 600 g/mol. The zero-order valence-electron chi connectivity index (χ0n) is 19.5. The lowest BCUT2D eigenvalue weighted by Crippen LogP contribution is -2.09. The van der Waals surface area contributed by atoms with Crippen LogP contribution in [0.2, 0.25) is 0 Å². The van der Waals surface area contributed by atoms with Crippen LogP contribution in [-0.2, 0) is 11.3 Å². The summed E-state index contributed by atoms with van der Waals surface area (Å²) in [6, 6.07) is 18.1. The van der Waals surface area contributed by atoms with Crippen molar-refractivity contribution in [3.8, 4) is 5.75 Å². The van der Waals surface area contributed by atoms with Gasteiger partial charge in [-0.3, -0.25) is 0 Å². The van der Waals surface area contributed by atoms with Crippen molar-refractivity contribution in [3.05, 3.63) is 115 Å². The number of hydrogen-bond donors (Lipinski definition) is 0. The Kier molecular flexibility index (Phi) is 8.24. The van der Waals surface area contributed by atoms with Gasteiger partial charge in [-0.2, -0.15) is 0 Å². The summed E-state index contributed by atoms with van der Waals surface area (Å²) in [5, 5.41) is 0. The molecule has 3 aromatic carbocycles. The molecule has 0 saturated heterocycles. The van der Waals surface area contributed by atoms with Crippen molar-refractivity contribution in [2.24, 2.45) is 0 Å². The van der Waals surface area contributed by atoms with Crippen LogP contribution in [-0.4, -0.2) is 12.6 Å². The van der Waals surface area contributed by atoms with Crippen LogP contribution < -0.4 is 4.74 Å². The van der Waals surface area contributed by atoms with E-state index in [0.29, 0.717) is 12.2 Å². The zero-order valence-corrected chi connectivity index (χ0v) is 22.7. The standard InChI is InChI=1S/C29H25Br2FO3/c1-3-34-29(33)21-6-4-5-19(13-21)25-15-20(8-7-18(25)2)26-16-23(30)9-12-28(26)35-17-22-14-24(32)10-11-27(22)31/h4-14,16,25H,3,15,17H2,1-2H3. The van der Waals surface area contributed by atoms with E-state index >= 15 is 0 Å². The third-order valence-electron chi connectivity index (χ3n) is 6.00. The van der Waals surface area contributed by atoms with Crippen LogP contribution in [0.5, 0.6) is 5.75 Å². The number of hydrogen-bond acceptors (Lipinski definition) is 3. The van der Waals surface area contributed by atoms with Crippen molar-refractivity contribution in [2.75, 3.05) is 6.61 Å². The molecule has 4 rings (SSSR count). The maximum absolute atomic E-state index is 13.7. The fourth-order valence-corrected chi connectivity index (χ4v) is 4.89. The SMILES string of the molecule is CCOC(=O)c1cccc(C2CC(c3cc(Br)ccc3OCc3cc(F)ccc3Br)=CC=C2C)c1. The predicted molar refractivity (Wildman–Crippen MR) is 144 cm³/mol. The molecule has 0 fully saturated rings. The van der Waals surface area contributed by atoms with Crippen LogP contribution in [0.1, 0.15) is 53.2 Å². The fourth-order valence-electron chi connectivity index (χ4n) is 4.16. The minimum Gasteiger partial charge on any atom is -0.488 e. The van der Waals surface area contributed by atoms with E-state index in [9.17, 15) is 9.18 Å². The molecular formula is C29H25Br2FO3. The maximum atomic E-state index is 13.7. The molecule has 0 saturated carbocycles. The molecule has 3 nitrogen and oxygen atoms in total. The fraction of sp³-hybridized carbons (Fsp3) is 0.207. The smallest absolute Gasteiger partial charge is 0.338 e. The molecular weight excluding hydrogens is 575 g/mol. The van der Waals surface area contributed by atoms with Gasteiger partial charge in [0.05, 0.1) is 12.2 Å². The highest BCUT2D eigenvalue weighted by Crippen LogP contribution is 2.41. The van der Waals surface area contributed by atoms with Crippen LogP contribution in [0.3, 0.4) is 0 Å². The summed E-state index contributed by atoms with van der Waals surface area (Å²) in [4.78, 5) is 12.3. The van der Waals surface area contributed by atoms with Gasteiger partial charge in [0, 0.05) is 26.0 Å². The number of esters is 1. The van der Waals surface area contributed by atoms with Gasteiger partial charge in [0.15, 0.2) is 0 Å². The monoisotopic (exact) mass is 598 g/mol. The molecule has 0 aliphatic heterocycles. The Morgan fingerprint density at radius 1 is 1.06 bits per heavy atom. The summed E-state index contributed by atoms with van der Waals surface area (Å²) < 4.78 is 26.8. The summed E-state index contributed by atoms with van der Waals surface area (Å²) in [5.74, 6) is 0.233. The quantitative estimate of drug-likeness (QED) is 0.255. The van der Waals surface area contributed by atoms with E-state index in [1.165, 1.54) is 17.7 Å². The number of rotatable bonds is 7. The highest BCUT2D eigenvalue weighted by Gasteiger charge is 2.23. The van der Waals surface area contributed by atoms with Crippen molar-refractivity contribution >= 4 is 43.4 Å². The Hall–Kier alpha value is -2.70. The number of allylic oxidation sites excluding steroid dienone is 4. The molecule has 0 spiro atoms. The Labute approximate surface area is 221 Å². The van der Waals surface area contributed by atoms with Gasteiger partial charge in [-0.1, -0.05) is 61.7 Å². The molecule has 180 valence electrons. The molecule has 0 radical (unpaired) electrons. The normalized spacial score (nSPS) is 15.3. The summed E-state index contributed by atoms with van der Waals surface area (Å²) in [5.41, 5.74) is 5.67. The highest BCUT2D eigenvalue weighted by atomic mass is 79.9. The molecule has 6 heteroatoms. The average Bonchev–Trinajstić information content (AvgIpc) is 2.85. The van der Waals surface area contributed by atoms with Crippen molar-refractivity contribution < 1.29 is 18.7 Å². The number of halogens is 3. The van der Waals surface area contributed by atoms with E-state index in [0.717, 1.165) is 43.4 Å². The van der Waals surface area contributed by atoms with Crippen LogP contribution in [0.25, 0.3) is 5.57 Å². The Morgan fingerprint density at radius 3 is 2.69 bits per heavy atom. The van der Waals surface area contributed by atoms with Crippen molar-refractivity contribution in [3.63, 3.8) is 0 Å². The van der Waals surface area contributed by atoms with E-state index in [-0.39, 0.29) is 24.3 Å². The van der Waals surface area contributed by atoms with Gasteiger partial charge in [0.2, 0.25) is 0 Å². The molecule has 3 aromatic rings. The van der Waals surface area contributed by atoms with E-state index in [2.05, 4.69) is 50.9 Å². The van der Waals surface area contributed by atoms with Crippen molar-refractivity contribution in [1.29, 1.82) is 0 Å². The molecule has 1 aliphatic rings.